The van der Waals surface area contributed by atoms with Crippen molar-refractivity contribution in [1.29, 1.82) is 0 Å². The van der Waals surface area contributed by atoms with Crippen molar-refractivity contribution in [2.75, 3.05) is 13.2 Å². The maximum absolute atomic E-state index is 13.0. The highest BCUT2D eigenvalue weighted by Gasteiger charge is 2.09. The van der Waals surface area contributed by atoms with Gasteiger partial charge in [-0.3, -0.25) is 4.90 Å². The molecule has 0 aliphatic carbocycles. The van der Waals surface area contributed by atoms with Gasteiger partial charge >= 0.3 is 0 Å². The summed E-state index contributed by atoms with van der Waals surface area (Å²) in [5.74, 6) is -0.191. The van der Waals surface area contributed by atoms with Crippen LogP contribution in [0.1, 0.15) is 25.8 Å². The molecule has 1 rings (SSSR count). The lowest BCUT2D eigenvalue weighted by Crippen LogP contribution is -2.31. The smallest absolute Gasteiger partial charge is 0.123 e. The normalized spacial score (nSPS) is 11.4. The second kappa shape index (κ2) is 6.61. The van der Waals surface area contributed by atoms with Crippen molar-refractivity contribution in [3.63, 3.8) is 0 Å². The topological polar surface area (TPSA) is 23.5 Å². The quantitative estimate of drug-likeness (QED) is 0.803. The number of rotatable bonds is 6. The third-order valence-corrected chi connectivity index (χ3v) is 2.61. The summed E-state index contributed by atoms with van der Waals surface area (Å²) in [5.41, 5.74) is 0.978. The molecule has 0 radical (unpaired) electrons. The van der Waals surface area contributed by atoms with Gasteiger partial charge in [0.1, 0.15) is 5.82 Å². The highest BCUT2D eigenvalue weighted by atomic mass is 19.1. The summed E-state index contributed by atoms with van der Waals surface area (Å²) >= 11 is 0. The molecule has 2 nitrogen and oxygen atoms in total. The highest BCUT2D eigenvalue weighted by Crippen LogP contribution is 2.10. The molecule has 3 heteroatoms. The van der Waals surface area contributed by atoms with Gasteiger partial charge in [0.2, 0.25) is 0 Å². The fourth-order valence-corrected chi connectivity index (χ4v) is 1.66. The maximum atomic E-state index is 13.0. The van der Waals surface area contributed by atoms with Crippen molar-refractivity contribution >= 4 is 0 Å². The van der Waals surface area contributed by atoms with Crippen LogP contribution in [-0.4, -0.2) is 29.2 Å². The second-order valence-corrected chi connectivity index (χ2v) is 4.27. The van der Waals surface area contributed by atoms with Crippen LogP contribution in [0.4, 0.5) is 4.39 Å². The van der Waals surface area contributed by atoms with E-state index >= 15 is 0 Å². The van der Waals surface area contributed by atoms with Gasteiger partial charge < -0.3 is 5.11 Å². The Balaban J connectivity index is 2.60. The molecule has 0 fully saturated rings. The fourth-order valence-electron chi connectivity index (χ4n) is 1.66. The number of benzene rings is 1. The molecule has 0 aromatic heterocycles. The summed E-state index contributed by atoms with van der Waals surface area (Å²) in [4.78, 5) is 2.23. The van der Waals surface area contributed by atoms with Gasteiger partial charge in [-0.25, -0.2) is 4.39 Å². The standard InChI is InChI=1S/C13H20FNO/c1-11(2)15(7-4-8-16)10-12-5-3-6-13(14)9-12/h3,5-6,9,11,16H,4,7-8,10H2,1-2H3. The summed E-state index contributed by atoms with van der Waals surface area (Å²) in [6, 6.07) is 7.08. The first-order valence-corrected chi connectivity index (χ1v) is 5.73. The zero-order valence-corrected chi connectivity index (χ0v) is 9.99. The summed E-state index contributed by atoms with van der Waals surface area (Å²) in [6.45, 7) is 5.99. The molecule has 1 aromatic carbocycles. The van der Waals surface area contributed by atoms with Gasteiger partial charge in [-0.2, -0.15) is 0 Å². The minimum absolute atomic E-state index is 0.191. The van der Waals surface area contributed by atoms with E-state index in [2.05, 4.69) is 18.7 Å². The maximum Gasteiger partial charge on any atom is 0.123 e. The Morgan fingerprint density at radius 3 is 2.69 bits per heavy atom. The molecule has 0 saturated heterocycles. The average Bonchev–Trinajstić information content (AvgIpc) is 2.24. The van der Waals surface area contributed by atoms with Crippen LogP contribution in [-0.2, 0) is 6.54 Å². The van der Waals surface area contributed by atoms with Crippen LogP contribution in [0.5, 0.6) is 0 Å². The molecule has 0 heterocycles. The van der Waals surface area contributed by atoms with Crippen LogP contribution in [0.25, 0.3) is 0 Å². The molecule has 0 aliphatic rings. The van der Waals surface area contributed by atoms with Crippen molar-refractivity contribution in [2.24, 2.45) is 0 Å². The number of aliphatic hydroxyl groups is 1. The molecule has 0 bridgehead atoms. The van der Waals surface area contributed by atoms with Gasteiger partial charge in [-0.15, -0.1) is 0 Å². The van der Waals surface area contributed by atoms with E-state index in [4.69, 9.17) is 5.11 Å². The molecule has 0 unspecified atom stereocenters. The Labute approximate surface area is 96.7 Å². The number of halogens is 1. The van der Waals surface area contributed by atoms with Gasteiger partial charge in [0.05, 0.1) is 0 Å². The van der Waals surface area contributed by atoms with Crippen LogP contribution >= 0.6 is 0 Å². The van der Waals surface area contributed by atoms with E-state index in [1.807, 2.05) is 6.07 Å². The monoisotopic (exact) mass is 225 g/mol. The van der Waals surface area contributed by atoms with E-state index in [0.29, 0.717) is 6.04 Å². The van der Waals surface area contributed by atoms with E-state index in [1.165, 1.54) is 6.07 Å². The van der Waals surface area contributed by atoms with E-state index in [-0.39, 0.29) is 12.4 Å². The third kappa shape index (κ3) is 4.29. The van der Waals surface area contributed by atoms with Crippen molar-refractivity contribution < 1.29 is 9.50 Å². The first-order valence-electron chi connectivity index (χ1n) is 5.73. The minimum atomic E-state index is -0.191. The molecule has 0 aliphatic heterocycles. The molecular weight excluding hydrogens is 205 g/mol. The van der Waals surface area contributed by atoms with Gasteiger partial charge in [-0.05, 0) is 38.0 Å². The highest BCUT2D eigenvalue weighted by molar-refractivity contribution is 5.16. The zero-order chi connectivity index (χ0) is 12.0. The van der Waals surface area contributed by atoms with Crippen molar-refractivity contribution in [3.8, 4) is 0 Å². The van der Waals surface area contributed by atoms with Crippen LogP contribution in [0.2, 0.25) is 0 Å². The van der Waals surface area contributed by atoms with Crippen molar-refractivity contribution in [1.82, 2.24) is 4.90 Å². The minimum Gasteiger partial charge on any atom is -0.396 e. The Bertz CT molecular complexity index is 315. The van der Waals surface area contributed by atoms with Gasteiger partial charge in [0, 0.05) is 25.7 Å². The van der Waals surface area contributed by atoms with E-state index in [1.54, 1.807) is 12.1 Å². The first-order chi connectivity index (χ1) is 7.63. The third-order valence-electron chi connectivity index (χ3n) is 2.61. The predicted molar refractivity (Wildman–Crippen MR) is 63.6 cm³/mol. The average molecular weight is 225 g/mol. The predicted octanol–water partition coefficient (Wildman–Crippen LogP) is 2.42. The molecule has 90 valence electrons. The number of aliphatic hydroxyl groups excluding tert-OH is 1. The summed E-state index contributed by atoms with van der Waals surface area (Å²) < 4.78 is 13.0. The zero-order valence-electron chi connectivity index (χ0n) is 9.99. The summed E-state index contributed by atoms with van der Waals surface area (Å²) in [5, 5.41) is 8.82. The molecule has 1 N–H and O–H groups in total. The van der Waals surface area contributed by atoms with Crippen LogP contribution in [0, 0.1) is 5.82 Å². The van der Waals surface area contributed by atoms with E-state index in [9.17, 15) is 4.39 Å². The lowest BCUT2D eigenvalue weighted by atomic mass is 10.2. The molecule has 1 aromatic rings. The summed E-state index contributed by atoms with van der Waals surface area (Å²) in [6.07, 6.45) is 0.757. The first kappa shape index (κ1) is 13.1. The van der Waals surface area contributed by atoms with Crippen molar-refractivity contribution in [3.05, 3.63) is 35.6 Å². The van der Waals surface area contributed by atoms with E-state index < -0.39 is 0 Å². The van der Waals surface area contributed by atoms with Crippen molar-refractivity contribution in [2.45, 2.75) is 32.9 Å². The molecule has 0 atom stereocenters. The van der Waals surface area contributed by atoms with Crippen LogP contribution in [0.15, 0.2) is 24.3 Å². The Morgan fingerprint density at radius 2 is 2.12 bits per heavy atom. The lowest BCUT2D eigenvalue weighted by Gasteiger charge is -2.26. The number of hydrogen-bond acceptors (Lipinski definition) is 2. The van der Waals surface area contributed by atoms with E-state index in [0.717, 1.165) is 25.1 Å². The molecular formula is C13H20FNO. The summed E-state index contributed by atoms with van der Waals surface area (Å²) in [7, 11) is 0. The fraction of sp³-hybridized carbons (Fsp3) is 0.538. The Kier molecular flexibility index (Phi) is 5.43. The molecule has 0 saturated carbocycles. The van der Waals surface area contributed by atoms with Gasteiger partial charge in [0.15, 0.2) is 0 Å². The Morgan fingerprint density at radius 1 is 1.38 bits per heavy atom. The second-order valence-electron chi connectivity index (χ2n) is 4.27. The molecule has 16 heavy (non-hydrogen) atoms. The van der Waals surface area contributed by atoms with Gasteiger partial charge in [0.25, 0.3) is 0 Å². The Hall–Kier alpha value is -0.930. The largest absolute Gasteiger partial charge is 0.396 e. The number of hydrogen-bond donors (Lipinski definition) is 1. The molecule has 0 spiro atoms. The van der Waals surface area contributed by atoms with Crippen LogP contribution in [0.3, 0.4) is 0 Å². The lowest BCUT2D eigenvalue weighted by molar-refractivity contribution is 0.184. The SMILES string of the molecule is CC(C)N(CCCO)Cc1cccc(F)c1. The number of nitrogens with zero attached hydrogens (tertiary/aromatic N) is 1. The molecule has 0 amide bonds. The van der Waals surface area contributed by atoms with Crippen LogP contribution < -0.4 is 0 Å². The van der Waals surface area contributed by atoms with Gasteiger partial charge in [-0.1, -0.05) is 12.1 Å².